The first-order valence-electron chi connectivity index (χ1n) is 6.29. The highest BCUT2D eigenvalue weighted by Gasteiger charge is 2.20. The molecule has 6 nitrogen and oxygen atoms in total. The van der Waals surface area contributed by atoms with Crippen LogP contribution in [0.2, 0.25) is 10.0 Å². The highest BCUT2D eigenvalue weighted by atomic mass is 35.5. The number of nitrogens with one attached hydrogen (secondary N) is 1. The standard InChI is InChI=1S/C13H18Cl2N2O4/c1-13(2,3)16-6-8(18)7-21-12-5-10(15)9(14)4-11(12)17(19)20/h4-5,8,16,18H,6-7H2,1-3H3. The van der Waals surface area contributed by atoms with Crippen molar-refractivity contribution in [3.05, 3.63) is 32.3 Å². The van der Waals surface area contributed by atoms with Crippen molar-refractivity contribution in [1.82, 2.24) is 5.32 Å². The van der Waals surface area contributed by atoms with E-state index >= 15 is 0 Å². The summed E-state index contributed by atoms with van der Waals surface area (Å²) in [4.78, 5) is 10.3. The number of β-amino-alcohol motifs (C(OH)–C–C–N with tert-alkyl or cyclic N) is 1. The summed E-state index contributed by atoms with van der Waals surface area (Å²) in [5.41, 5.74) is -0.434. The minimum atomic E-state index is -0.807. The molecule has 0 bridgehead atoms. The molecule has 1 aromatic carbocycles. The van der Waals surface area contributed by atoms with Crippen LogP contribution in [0.3, 0.4) is 0 Å². The molecule has 0 aliphatic rings. The Morgan fingerprint density at radius 1 is 1.38 bits per heavy atom. The molecule has 0 radical (unpaired) electrons. The maximum atomic E-state index is 10.9. The van der Waals surface area contributed by atoms with E-state index in [0.717, 1.165) is 6.07 Å². The Bertz CT molecular complexity index is 518. The summed E-state index contributed by atoms with van der Waals surface area (Å²) < 4.78 is 5.29. The summed E-state index contributed by atoms with van der Waals surface area (Å²) in [5, 5.41) is 24.1. The lowest BCUT2D eigenvalue weighted by Crippen LogP contribution is -2.42. The normalized spacial score (nSPS) is 13.0. The topological polar surface area (TPSA) is 84.6 Å². The van der Waals surface area contributed by atoms with E-state index in [1.807, 2.05) is 20.8 Å². The molecular formula is C13H18Cl2N2O4. The van der Waals surface area contributed by atoms with Crippen molar-refractivity contribution in [2.75, 3.05) is 13.2 Å². The lowest BCUT2D eigenvalue weighted by molar-refractivity contribution is -0.385. The van der Waals surface area contributed by atoms with Gasteiger partial charge < -0.3 is 15.2 Å². The van der Waals surface area contributed by atoms with E-state index in [1.165, 1.54) is 6.07 Å². The number of hydrogen-bond donors (Lipinski definition) is 2. The molecule has 1 aromatic rings. The van der Waals surface area contributed by atoms with Crippen molar-refractivity contribution < 1.29 is 14.8 Å². The summed E-state index contributed by atoms with van der Waals surface area (Å²) >= 11 is 11.6. The van der Waals surface area contributed by atoms with Gasteiger partial charge in [-0.2, -0.15) is 0 Å². The van der Waals surface area contributed by atoms with E-state index in [-0.39, 0.29) is 33.6 Å². The van der Waals surface area contributed by atoms with Gasteiger partial charge >= 0.3 is 5.69 Å². The molecule has 1 rings (SSSR count). The Kier molecular flexibility index (Phi) is 6.22. The highest BCUT2D eigenvalue weighted by Crippen LogP contribution is 2.35. The van der Waals surface area contributed by atoms with Crippen LogP contribution in [0.15, 0.2) is 12.1 Å². The molecule has 0 spiro atoms. The number of rotatable bonds is 6. The molecule has 0 aliphatic heterocycles. The molecule has 0 amide bonds. The molecule has 0 saturated carbocycles. The number of hydrogen-bond acceptors (Lipinski definition) is 5. The van der Waals surface area contributed by atoms with Gasteiger partial charge in [-0.3, -0.25) is 10.1 Å². The Balaban J connectivity index is 2.70. The number of halogens is 2. The van der Waals surface area contributed by atoms with E-state index in [1.54, 1.807) is 0 Å². The zero-order chi connectivity index (χ0) is 16.2. The van der Waals surface area contributed by atoms with Gasteiger partial charge in [0.1, 0.15) is 12.7 Å². The summed E-state index contributed by atoms with van der Waals surface area (Å²) in [6.07, 6.45) is -0.807. The van der Waals surface area contributed by atoms with Crippen LogP contribution in [-0.2, 0) is 0 Å². The van der Waals surface area contributed by atoms with Crippen LogP contribution in [0, 0.1) is 10.1 Å². The van der Waals surface area contributed by atoms with E-state index in [9.17, 15) is 15.2 Å². The molecule has 118 valence electrons. The predicted octanol–water partition coefficient (Wildman–Crippen LogP) is 3.03. The van der Waals surface area contributed by atoms with Crippen molar-refractivity contribution in [3.8, 4) is 5.75 Å². The SMILES string of the molecule is CC(C)(C)NCC(O)COc1cc(Cl)c(Cl)cc1[N+](=O)[O-]. The molecule has 0 saturated heterocycles. The first kappa shape index (κ1) is 18.0. The van der Waals surface area contributed by atoms with Crippen LogP contribution >= 0.6 is 23.2 Å². The van der Waals surface area contributed by atoms with Gasteiger partial charge in [0.2, 0.25) is 0 Å². The van der Waals surface area contributed by atoms with E-state index in [2.05, 4.69) is 5.32 Å². The van der Waals surface area contributed by atoms with E-state index < -0.39 is 11.0 Å². The Hall–Kier alpha value is -1.08. The van der Waals surface area contributed by atoms with Gasteiger partial charge in [-0.15, -0.1) is 0 Å². The molecule has 2 N–H and O–H groups in total. The van der Waals surface area contributed by atoms with Crippen molar-refractivity contribution in [2.45, 2.75) is 32.4 Å². The number of aliphatic hydroxyl groups excluding tert-OH is 1. The predicted molar refractivity (Wildman–Crippen MR) is 82.4 cm³/mol. The van der Waals surface area contributed by atoms with Crippen LogP contribution in [-0.4, -0.2) is 34.8 Å². The van der Waals surface area contributed by atoms with Crippen LogP contribution in [0.4, 0.5) is 5.69 Å². The molecule has 1 unspecified atom stereocenters. The van der Waals surface area contributed by atoms with Gasteiger partial charge in [0.25, 0.3) is 0 Å². The third-order valence-corrected chi connectivity index (χ3v) is 3.22. The Morgan fingerprint density at radius 3 is 2.48 bits per heavy atom. The van der Waals surface area contributed by atoms with Gasteiger partial charge in [0, 0.05) is 24.2 Å². The zero-order valence-electron chi connectivity index (χ0n) is 12.0. The summed E-state index contributed by atoms with van der Waals surface area (Å²) in [5.74, 6) is -0.0239. The molecule has 0 heterocycles. The van der Waals surface area contributed by atoms with Crippen LogP contribution in [0.25, 0.3) is 0 Å². The molecule has 8 heteroatoms. The summed E-state index contributed by atoms with van der Waals surface area (Å²) in [7, 11) is 0. The second-order valence-electron chi connectivity index (χ2n) is 5.59. The minimum Gasteiger partial charge on any atom is -0.484 e. The third kappa shape index (κ3) is 6.05. The van der Waals surface area contributed by atoms with Crippen molar-refractivity contribution >= 4 is 28.9 Å². The van der Waals surface area contributed by atoms with E-state index in [0.29, 0.717) is 6.54 Å². The summed E-state index contributed by atoms with van der Waals surface area (Å²) in [6, 6.07) is 2.39. The van der Waals surface area contributed by atoms with Crippen LogP contribution in [0.5, 0.6) is 5.75 Å². The molecule has 21 heavy (non-hydrogen) atoms. The first-order valence-corrected chi connectivity index (χ1v) is 7.05. The quantitative estimate of drug-likeness (QED) is 0.616. The zero-order valence-corrected chi connectivity index (χ0v) is 13.5. The van der Waals surface area contributed by atoms with Crippen molar-refractivity contribution in [1.29, 1.82) is 0 Å². The largest absolute Gasteiger partial charge is 0.484 e. The molecular weight excluding hydrogens is 319 g/mol. The molecule has 0 aromatic heterocycles. The molecule has 1 atom stereocenters. The maximum absolute atomic E-state index is 10.9. The Labute approximate surface area is 133 Å². The fourth-order valence-corrected chi connectivity index (χ4v) is 1.76. The lowest BCUT2D eigenvalue weighted by Gasteiger charge is -2.22. The highest BCUT2D eigenvalue weighted by molar-refractivity contribution is 6.42. The Morgan fingerprint density at radius 2 is 1.95 bits per heavy atom. The van der Waals surface area contributed by atoms with Crippen LogP contribution in [0.1, 0.15) is 20.8 Å². The van der Waals surface area contributed by atoms with Crippen LogP contribution < -0.4 is 10.1 Å². The van der Waals surface area contributed by atoms with Gasteiger partial charge in [-0.1, -0.05) is 23.2 Å². The maximum Gasteiger partial charge on any atom is 0.312 e. The number of ether oxygens (including phenoxy) is 1. The smallest absolute Gasteiger partial charge is 0.312 e. The number of nitro groups is 1. The van der Waals surface area contributed by atoms with Crippen molar-refractivity contribution in [2.24, 2.45) is 0 Å². The monoisotopic (exact) mass is 336 g/mol. The average Bonchev–Trinajstić information content (AvgIpc) is 2.36. The first-order chi connectivity index (χ1) is 9.60. The van der Waals surface area contributed by atoms with Gasteiger partial charge in [0.05, 0.1) is 15.0 Å². The third-order valence-electron chi connectivity index (χ3n) is 2.50. The minimum absolute atomic E-state index is 0.0239. The fourth-order valence-electron chi connectivity index (χ4n) is 1.45. The molecule has 0 aliphatic carbocycles. The number of aliphatic hydroxyl groups is 1. The van der Waals surface area contributed by atoms with E-state index in [4.69, 9.17) is 27.9 Å². The summed E-state index contributed by atoms with van der Waals surface area (Å²) in [6.45, 7) is 6.10. The van der Waals surface area contributed by atoms with Gasteiger partial charge in [-0.05, 0) is 20.8 Å². The number of nitrogens with zero attached hydrogens (tertiary/aromatic N) is 1. The molecule has 0 fully saturated rings. The average molecular weight is 337 g/mol. The lowest BCUT2D eigenvalue weighted by atomic mass is 10.1. The van der Waals surface area contributed by atoms with Gasteiger partial charge in [-0.25, -0.2) is 0 Å². The van der Waals surface area contributed by atoms with Crippen molar-refractivity contribution in [3.63, 3.8) is 0 Å². The second-order valence-corrected chi connectivity index (χ2v) is 6.40. The van der Waals surface area contributed by atoms with Gasteiger partial charge in [0.15, 0.2) is 5.75 Å². The number of nitro benzene ring substituents is 1. The number of benzene rings is 1. The second kappa shape index (κ2) is 7.26. The fraction of sp³-hybridized carbons (Fsp3) is 0.538.